The van der Waals surface area contributed by atoms with E-state index in [1.54, 1.807) is 0 Å². The van der Waals surface area contributed by atoms with Gasteiger partial charge in [-0.3, -0.25) is 4.79 Å². The highest BCUT2D eigenvalue weighted by molar-refractivity contribution is 6.17. The number of carbonyl (C=O) groups excluding carboxylic acids is 1. The summed E-state index contributed by atoms with van der Waals surface area (Å²) in [6.07, 6.45) is -2.68. The van der Waals surface area contributed by atoms with Crippen LogP contribution in [0.4, 0.5) is 13.2 Å². The van der Waals surface area contributed by atoms with Crippen molar-refractivity contribution < 1.29 is 18.0 Å². The minimum absolute atomic E-state index is 0.0180. The number of carbonyl (C=O) groups is 1. The van der Waals surface area contributed by atoms with Crippen LogP contribution in [-0.2, 0) is 5.88 Å². The van der Waals surface area contributed by atoms with Gasteiger partial charge in [-0.2, -0.15) is 4.39 Å². The van der Waals surface area contributed by atoms with Gasteiger partial charge in [0.2, 0.25) is 5.95 Å². The summed E-state index contributed by atoms with van der Waals surface area (Å²) >= 11 is 5.36. The van der Waals surface area contributed by atoms with E-state index in [1.807, 2.05) is 0 Å². The van der Waals surface area contributed by atoms with Crippen molar-refractivity contribution in [3.05, 3.63) is 28.8 Å². The first-order valence-corrected chi connectivity index (χ1v) is 4.12. The Hall–Kier alpha value is -1.10. The van der Waals surface area contributed by atoms with Gasteiger partial charge in [-0.15, -0.1) is 11.6 Å². The molecule has 0 radical (unpaired) electrons. The highest BCUT2D eigenvalue weighted by atomic mass is 35.5. The smallest absolute Gasteiger partial charge is 0.280 e. The molecule has 1 aromatic rings. The number of rotatable bonds is 3. The minimum Gasteiger partial charge on any atom is -0.298 e. The maximum absolute atomic E-state index is 12.9. The van der Waals surface area contributed by atoms with Crippen molar-refractivity contribution in [1.82, 2.24) is 4.98 Å². The van der Waals surface area contributed by atoms with E-state index >= 15 is 0 Å². The standard InChI is InChI=1S/C8H5ClF3NO/c9-2-4-1-6(7(10)11)13-8(12)5(4)3-14/h1,3,7H,2H2. The Kier molecular flexibility index (Phi) is 3.46. The minimum atomic E-state index is -2.88. The van der Waals surface area contributed by atoms with Crippen LogP contribution in [0.1, 0.15) is 28.0 Å². The molecule has 0 fully saturated rings. The summed E-state index contributed by atoms with van der Waals surface area (Å²) in [5.41, 5.74) is -1.07. The van der Waals surface area contributed by atoms with Gasteiger partial charge in [-0.25, -0.2) is 13.8 Å². The van der Waals surface area contributed by atoms with E-state index in [9.17, 15) is 18.0 Å². The molecule has 0 saturated heterocycles. The summed E-state index contributed by atoms with van der Waals surface area (Å²) < 4.78 is 37.2. The lowest BCUT2D eigenvalue weighted by atomic mass is 10.1. The lowest BCUT2D eigenvalue weighted by Gasteiger charge is -2.05. The second kappa shape index (κ2) is 4.41. The van der Waals surface area contributed by atoms with Crippen LogP contribution in [0.3, 0.4) is 0 Å². The molecule has 0 spiro atoms. The molecule has 6 heteroatoms. The van der Waals surface area contributed by atoms with Gasteiger partial charge in [0.05, 0.1) is 5.56 Å². The van der Waals surface area contributed by atoms with Crippen LogP contribution < -0.4 is 0 Å². The lowest BCUT2D eigenvalue weighted by Crippen LogP contribution is -2.02. The normalized spacial score (nSPS) is 10.6. The number of pyridine rings is 1. The third kappa shape index (κ3) is 2.04. The van der Waals surface area contributed by atoms with Crippen LogP contribution in [0.25, 0.3) is 0 Å². The molecule has 0 saturated carbocycles. The average Bonchev–Trinajstić information content (AvgIpc) is 2.16. The molecule has 0 aliphatic heterocycles. The van der Waals surface area contributed by atoms with Crippen LogP contribution >= 0.6 is 11.6 Å². The van der Waals surface area contributed by atoms with Gasteiger partial charge in [0.15, 0.2) is 6.29 Å². The molecule has 2 nitrogen and oxygen atoms in total. The lowest BCUT2D eigenvalue weighted by molar-refractivity contribution is 0.111. The quantitative estimate of drug-likeness (QED) is 0.448. The van der Waals surface area contributed by atoms with Crippen molar-refractivity contribution in [3.63, 3.8) is 0 Å². The zero-order valence-electron chi connectivity index (χ0n) is 6.81. The number of aldehydes is 1. The van der Waals surface area contributed by atoms with Gasteiger partial charge in [0, 0.05) is 5.88 Å². The summed E-state index contributed by atoms with van der Waals surface area (Å²) in [6, 6.07) is 0.921. The van der Waals surface area contributed by atoms with Crippen molar-refractivity contribution in [2.45, 2.75) is 12.3 Å². The van der Waals surface area contributed by atoms with Crippen molar-refractivity contribution in [1.29, 1.82) is 0 Å². The molecule has 0 N–H and O–H groups in total. The van der Waals surface area contributed by atoms with Crippen molar-refractivity contribution in [3.8, 4) is 0 Å². The zero-order valence-corrected chi connectivity index (χ0v) is 7.56. The molecule has 0 unspecified atom stereocenters. The molecular weight excluding hydrogens is 219 g/mol. The van der Waals surface area contributed by atoms with Crippen LogP contribution in [0, 0.1) is 5.95 Å². The number of aromatic nitrogens is 1. The van der Waals surface area contributed by atoms with Gasteiger partial charge in [0.25, 0.3) is 6.43 Å². The SMILES string of the molecule is O=Cc1c(CCl)cc(C(F)F)nc1F. The van der Waals surface area contributed by atoms with Crippen LogP contribution in [0.2, 0.25) is 0 Å². The van der Waals surface area contributed by atoms with E-state index in [-0.39, 0.29) is 23.3 Å². The Morgan fingerprint density at radius 2 is 2.21 bits per heavy atom. The van der Waals surface area contributed by atoms with Gasteiger partial charge in [0.1, 0.15) is 5.69 Å². The summed E-state index contributed by atoms with van der Waals surface area (Å²) in [7, 11) is 0. The number of hydrogen-bond donors (Lipinski definition) is 0. The molecule has 76 valence electrons. The molecule has 1 rings (SSSR count). The first-order valence-electron chi connectivity index (χ1n) is 3.58. The average molecular weight is 224 g/mol. The van der Waals surface area contributed by atoms with E-state index in [0.29, 0.717) is 0 Å². The Bertz CT molecular complexity index is 357. The topological polar surface area (TPSA) is 30.0 Å². The molecule has 0 bridgehead atoms. The molecule has 0 aliphatic rings. The van der Waals surface area contributed by atoms with Crippen molar-refractivity contribution in [2.24, 2.45) is 0 Å². The van der Waals surface area contributed by atoms with E-state index in [1.165, 1.54) is 0 Å². The van der Waals surface area contributed by atoms with Crippen LogP contribution in [0.5, 0.6) is 0 Å². The Labute approximate surface area is 82.7 Å². The van der Waals surface area contributed by atoms with Gasteiger partial charge >= 0.3 is 0 Å². The number of nitrogens with zero attached hydrogens (tertiary/aromatic N) is 1. The largest absolute Gasteiger partial charge is 0.298 e. The number of hydrogen-bond acceptors (Lipinski definition) is 2. The first-order chi connectivity index (χ1) is 6.60. The Balaban J connectivity index is 3.31. The third-order valence-corrected chi connectivity index (χ3v) is 1.89. The monoisotopic (exact) mass is 223 g/mol. The summed E-state index contributed by atoms with van der Waals surface area (Å²) in [5.74, 6) is -1.43. The predicted octanol–water partition coefficient (Wildman–Crippen LogP) is 2.71. The fraction of sp³-hybridized carbons (Fsp3) is 0.250. The second-order valence-corrected chi connectivity index (χ2v) is 2.73. The second-order valence-electron chi connectivity index (χ2n) is 2.46. The van der Waals surface area contributed by atoms with Crippen LogP contribution in [-0.4, -0.2) is 11.3 Å². The van der Waals surface area contributed by atoms with E-state index in [4.69, 9.17) is 11.6 Å². The highest BCUT2D eigenvalue weighted by Crippen LogP contribution is 2.21. The summed E-state index contributed by atoms with van der Waals surface area (Å²) in [4.78, 5) is 13.3. The molecule has 0 aromatic carbocycles. The molecule has 1 heterocycles. The van der Waals surface area contributed by atoms with E-state index < -0.39 is 18.1 Å². The van der Waals surface area contributed by atoms with E-state index in [0.717, 1.165) is 6.07 Å². The maximum atomic E-state index is 12.9. The molecule has 0 atom stereocenters. The molecular formula is C8H5ClF3NO. The molecule has 0 amide bonds. The zero-order chi connectivity index (χ0) is 10.7. The van der Waals surface area contributed by atoms with Crippen molar-refractivity contribution in [2.75, 3.05) is 0 Å². The Morgan fingerprint density at radius 1 is 1.57 bits per heavy atom. The predicted molar refractivity (Wildman–Crippen MR) is 44.1 cm³/mol. The molecule has 0 aliphatic carbocycles. The first kappa shape index (κ1) is 11.0. The van der Waals surface area contributed by atoms with Gasteiger partial charge < -0.3 is 0 Å². The Morgan fingerprint density at radius 3 is 2.64 bits per heavy atom. The summed E-state index contributed by atoms with van der Waals surface area (Å²) in [5, 5.41) is 0. The van der Waals surface area contributed by atoms with Gasteiger partial charge in [-0.1, -0.05) is 0 Å². The molecule has 1 aromatic heterocycles. The maximum Gasteiger partial charge on any atom is 0.280 e. The molecule has 14 heavy (non-hydrogen) atoms. The van der Waals surface area contributed by atoms with Crippen LogP contribution in [0.15, 0.2) is 6.07 Å². The fourth-order valence-corrected chi connectivity index (χ4v) is 1.16. The highest BCUT2D eigenvalue weighted by Gasteiger charge is 2.16. The summed E-state index contributed by atoms with van der Waals surface area (Å²) in [6.45, 7) is 0. The number of halogens is 4. The van der Waals surface area contributed by atoms with Crippen molar-refractivity contribution >= 4 is 17.9 Å². The fourth-order valence-electron chi connectivity index (χ4n) is 0.941. The number of alkyl halides is 3. The van der Waals surface area contributed by atoms with Gasteiger partial charge in [-0.05, 0) is 11.6 Å². The van der Waals surface area contributed by atoms with E-state index in [2.05, 4.69) is 4.98 Å². The third-order valence-electron chi connectivity index (χ3n) is 1.60.